The summed E-state index contributed by atoms with van der Waals surface area (Å²) in [5.41, 5.74) is 0.774. The largest absolute Gasteiger partial charge is 0.444 e. The van der Waals surface area contributed by atoms with Gasteiger partial charge in [-0.1, -0.05) is 39.2 Å². The smallest absolute Gasteiger partial charge is 0.408 e. The van der Waals surface area contributed by atoms with Crippen LogP contribution < -0.4 is 21.3 Å². The standard InChI is InChI=1S/C30H45N5O5/c1-18(2)23-17-35(27(38)33-23)30(26(37)31-6)15-20-12-13-22(14-21(20)16-30)32-25(36)24(19-10-8-7-9-11-19)34-28(39)40-29(3,4)5/h12-14,18-19,23-24H,7-11,15-17H2,1-6H3,(H,31,37)(H,32,36)(H,33,38)(H,34,39)/t23-,24-,30?/m0/s1. The van der Waals surface area contributed by atoms with Gasteiger partial charge in [0.25, 0.3) is 0 Å². The predicted molar refractivity (Wildman–Crippen MR) is 153 cm³/mol. The number of hydrogen-bond donors (Lipinski definition) is 4. The van der Waals surface area contributed by atoms with Gasteiger partial charge < -0.3 is 30.9 Å². The van der Waals surface area contributed by atoms with Gasteiger partial charge in [0.1, 0.15) is 17.2 Å². The summed E-state index contributed by atoms with van der Waals surface area (Å²) in [4.78, 5) is 54.1. The second-order valence-electron chi connectivity index (χ2n) is 12.9. The molecule has 0 radical (unpaired) electrons. The molecule has 5 amide bonds. The lowest BCUT2D eigenvalue weighted by Gasteiger charge is -2.36. The fourth-order valence-electron chi connectivity index (χ4n) is 6.27. The van der Waals surface area contributed by atoms with Crippen molar-refractivity contribution in [3.05, 3.63) is 29.3 Å². The minimum atomic E-state index is -1.03. The number of carbonyl (C=O) groups excluding carboxylic acids is 4. The lowest BCUT2D eigenvalue weighted by atomic mass is 9.83. The third kappa shape index (κ3) is 6.36. The minimum absolute atomic E-state index is 0.0261. The fourth-order valence-corrected chi connectivity index (χ4v) is 6.27. The first kappa shape index (κ1) is 29.7. The number of likely N-dealkylation sites (N-methyl/N-ethyl adjacent to an activating group) is 1. The average molecular weight is 556 g/mol. The number of hydrogen-bond acceptors (Lipinski definition) is 5. The second-order valence-corrected chi connectivity index (χ2v) is 12.9. The van der Waals surface area contributed by atoms with Crippen LogP contribution in [0.15, 0.2) is 18.2 Å². The fraction of sp³-hybridized carbons (Fsp3) is 0.667. The van der Waals surface area contributed by atoms with E-state index in [-0.39, 0.29) is 35.7 Å². The Bertz CT molecular complexity index is 1140. The average Bonchev–Trinajstić information content (AvgIpc) is 3.47. The van der Waals surface area contributed by atoms with Gasteiger partial charge in [-0.15, -0.1) is 0 Å². The van der Waals surface area contributed by atoms with Gasteiger partial charge in [0.2, 0.25) is 11.8 Å². The van der Waals surface area contributed by atoms with Gasteiger partial charge in [-0.25, -0.2) is 9.59 Å². The number of nitrogens with zero attached hydrogens (tertiary/aromatic N) is 1. The monoisotopic (exact) mass is 555 g/mol. The van der Waals surface area contributed by atoms with Crippen molar-refractivity contribution in [1.82, 2.24) is 20.9 Å². The Balaban J connectivity index is 1.53. The van der Waals surface area contributed by atoms with Gasteiger partial charge in [0.15, 0.2) is 0 Å². The predicted octanol–water partition coefficient (Wildman–Crippen LogP) is 3.73. The van der Waals surface area contributed by atoms with Crippen molar-refractivity contribution in [2.75, 3.05) is 18.9 Å². The number of ether oxygens (including phenoxy) is 1. The van der Waals surface area contributed by atoms with E-state index in [2.05, 4.69) is 35.1 Å². The van der Waals surface area contributed by atoms with Crippen molar-refractivity contribution < 1.29 is 23.9 Å². The van der Waals surface area contributed by atoms with Crippen LogP contribution in [-0.2, 0) is 27.2 Å². The number of benzene rings is 1. The molecule has 1 aromatic carbocycles. The molecule has 1 unspecified atom stereocenters. The zero-order chi connectivity index (χ0) is 29.2. The summed E-state index contributed by atoms with van der Waals surface area (Å²) in [5.74, 6) is -0.216. The normalized spacial score (nSPS) is 23.8. The van der Waals surface area contributed by atoms with E-state index >= 15 is 0 Å². The van der Waals surface area contributed by atoms with Gasteiger partial charge >= 0.3 is 12.1 Å². The number of fused-ring (bicyclic) bond motifs is 1. The highest BCUT2D eigenvalue weighted by Crippen LogP contribution is 2.38. The van der Waals surface area contributed by atoms with Crippen LogP contribution in [0.3, 0.4) is 0 Å². The van der Waals surface area contributed by atoms with Gasteiger partial charge in [0, 0.05) is 32.1 Å². The van der Waals surface area contributed by atoms with Crippen molar-refractivity contribution in [3.8, 4) is 0 Å². The zero-order valence-corrected chi connectivity index (χ0v) is 24.7. The third-order valence-electron chi connectivity index (χ3n) is 8.42. The zero-order valence-electron chi connectivity index (χ0n) is 24.7. The highest BCUT2D eigenvalue weighted by molar-refractivity contribution is 5.97. The minimum Gasteiger partial charge on any atom is -0.444 e. The third-order valence-corrected chi connectivity index (χ3v) is 8.42. The summed E-state index contributed by atoms with van der Waals surface area (Å²) in [6.45, 7) is 9.94. The van der Waals surface area contributed by atoms with Crippen LogP contribution >= 0.6 is 0 Å². The van der Waals surface area contributed by atoms with Crippen LogP contribution in [0.5, 0.6) is 0 Å². The lowest BCUT2D eigenvalue weighted by Crippen LogP contribution is -2.60. The first-order chi connectivity index (χ1) is 18.8. The molecule has 40 heavy (non-hydrogen) atoms. The van der Waals surface area contributed by atoms with E-state index in [0.29, 0.717) is 25.1 Å². The Morgan fingerprint density at radius 3 is 2.35 bits per heavy atom. The molecule has 1 heterocycles. The van der Waals surface area contributed by atoms with Crippen LogP contribution in [0, 0.1) is 11.8 Å². The maximum Gasteiger partial charge on any atom is 0.408 e. The summed E-state index contributed by atoms with van der Waals surface area (Å²) in [6, 6.07) is 4.66. The molecule has 220 valence electrons. The van der Waals surface area contributed by atoms with Crippen LogP contribution in [0.2, 0.25) is 0 Å². The molecule has 2 aliphatic carbocycles. The van der Waals surface area contributed by atoms with Crippen molar-refractivity contribution in [3.63, 3.8) is 0 Å². The molecule has 3 atom stereocenters. The lowest BCUT2D eigenvalue weighted by molar-refractivity contribution is -0.130. The van der Waals surface area contributed by atoms with Gasteiger partial charge in [0.05, 0.1) is 6.04 Å². The van der Waals surface area contributed by atoms with E-state index in [0.717, 1.165) is 43.2 Å². The summed E-state index contributed by atoms with van der Waals surface area (Å²) in [6.07, 6.45) is 5.04. The molecule has 1 saturated heterocycles. The van der Waals surface area contributed by atoms with E-state index in [4.69, 9.17) is 4.74 Å². The highest BCUT2D eigenvalue weighted by atomic mass is 16.6. The quantitative estimate of drug-likeness (QED) is 0.408. The van der Waals surface area contributed by atoms with E-state index in [9.17, 15) is 19.2 Å². The van der Waals surface area contributed by atoms with E-state index in [1.807, 2.05) is 18.2 Å². The number of amides is 5. The molecule has 2 fully saturated rings. The van der Waals surface area contributed by atoms with Crippen LogP contribution in [0.1, 0.15) is 77.8 Å². The Morgan fingerprint density at radius 1 is 1.07 bits per heavy atom. The highest BCUT2D eigenvalue weighted by Gasteiger charge is 2.53. The molecule has 1 saturated carbocycles. The maximum atomic E-state index is 13.5. The SMILES string of the molecule is CNC(=O)C1(N2C[C@@H](C(C)C)NC2=O)Cc2ccc(NC(=O)[C@@H](NC(=O)OC(C)(C)C)C3CCCCC3)cc2C1. The Hall–Kier alpha value is -3.30. The second kappa shape index (κ2) is 11.7. The first-order valence-electron chi connectivity index (χ1n) is 14.6. The van der Waals surface area contributed by atoms with Gasteiger partial charge in [-0.05, 0) is 68.7 Å². The van der Waals surface area contributed by atoms with Crippen molar-refractivity contribution in [1.29, 1.82) is 0 Å². The molecule has 3 aliphatic rings. The van der Waals surface area contributed by atoms with Crippen LogP contribution in [-0.4, -0.2) is 65.7 Å². The number of nitrogens with one attached hydrogen (secondary N) is 4. The van der Waals surface area contributed by atoms with Crippen molar-refractivity contribution in [2.45, 2.75) is 103 Å². The maximum absolute atomic E-state index is 13.5. The van der Waals surface area contributed by atoms with Crippen LogP contribution in [0.25, 0.3) is 0 Å². The Kier molecular flexibility index (Phi) is 8.66. The molecule has 4 rings (SSSR count). The van der Waals surface area contributed by atoms with E-state index in [1.54, 1.807) is 32.7 Å². The summed E-state index contributed by atoms with van der Waals surface area (Å²) in [5, 5.41) is 11.6. The molecule has 0 aromatic heterocycles. The van der Waals surface area contributed by atoms with Crippen molar-refractivity contribution in [2.24, 2.45) is 11.8 Å². The van der Waals surface area contributed by atoms with Crippen LogP contribution in [0.4, 0.5) is 15.3 Å². The van der Waals surface area contributed by atoms with Gasteiger partial charge in [-0.3, -0.25) is 9.59 Å². The molecular weight excluding hydrogens is 510 g/mol. The molecule has 0 spiro atoms. The molecule has 10 heteroatoms. The number of carbonyl (C=O) groups is 4. The topological polar surface area (TPSA) is 129 Å². The summed E-state index contributed by atoms with van der Waals surface area (Å²) >= 11 is 0. The summed E-state index contributed by atoms with van der Waals surface area (Å²) in [7, 11) is 1.59. The molecule has 1 aliphatic heterocycles. The Labute approximate surface area is 237 Å². The van der Waals surface area contributed by atoms with E-state index in [1.165, 1.54) is 0 Å². The summed E-state index contributed by atoms with van der Waals surface area (Å²) < 4.78 is 5.45. The Morgan fingerprint density at radius 2 is 1.75 bits per heavy atom. The van der Waals surface area contributed by atoms with E-state index < -0.39 is 23.3 Å². The number of rotatable bonds is 7. The molecule has 4 N–H and O–H groups in total. The number of anilines is 1. The first-order valence-corrected chi connectivity index (χ1v) is 14.6. The molecule has 10 nitrogen and oxygen atoms in total. The van der Waals surface area contributed by atoms with Crippen molar-refractivity contribution >= 4 is 29.6 Å². The molecule has 1 aromatic rings. The number of alkyl carbamates (subject to hydrolysis) is 1. The van der Waals surface area contributed by atoms with Gasteiger partial charge in [-0.2, -0.15) is 0 Å². The molecule has 0 bridgehead atoms. The molecular formula is C30H45N5O5. The number of urea groups is 1.